The first-order valence-electron chi connectivity index (χ1n) is 5.77. The van der Waals surface area contributed by atoms with Crippen LogP contribution in [0.2, 0.25) is 0 Å². The Balaban J connectivity index is 2.70. The van der Waals surface area contributed by atoms with Gasteiger partial charge < -0.3 is 5.11 Å². The smallest absolute Gasteiger partial charge is 0.481 e. The third-order valence-electron chi connectivity index (χ3n) is 3.19. The topological polar surface area (TPSA) is 88.5 Å². The van der Waals surface area contributed by atoms with Crippen LogP contribution in [0, 0.1) is 0 Å². The molecule has 2 rings (SSSR count). The number of rotatable bonds is 3. The van der Waals surface area contributed by atoms with Crippen molar-refractivity contribution in [2.24, 2.45) is 0 Å². The van der Waals surface area contributed by atoms with Gasteiger partial charge >= 0.3 is 11.5 Å². The van der Waals surface area contributed by atoms with E-state index >= 15 is 0 Å². The number of carboxylic acid groups (broad SMARTS) is 1. The molecule has 1 aromatic carbocycles. The summed E-state index contributed by atoms with van der Waals surface area (Å²) in [4.78, 5) is 21.3. The van der Waals surface area contributed by atoms with Gasteiger partial charge in [-0.25, -0.2) is 8.42 Å². The molecule has 0 aliphatic heterocycles. The number of Topliss-reactive ketones (excluding diaryl/α,β-unsaturated/α-hetero) is 1. The van der Waals surface area contributed by atoms with Gasteiger partial charge in [-0.2, -0.15) is 13.2 Å². The number of ketones is 1. The van der Waals surface area contributed by atoms with Gasteiger partial charge in [-0.3, -0.25) is 9.59 Å². The van der Waals surface area contributed by atoms with Crippen molar-refractivity contribution in [3.05, 3.63) is 28.8 Å². The second kappa shape index (κ2) is 4.83. The van der Waals surface area contributed by atoms with Gasteiger partial charge in [-0.15, -0.1) is 0 Å². The fraction of sp³-hybridized carbons (Fsp3) is 0.333. The lowest BCUT2D eigenvalue weighted by atomic mass is 10.0. The molecule has 0 radical (unpaired) electrons. The molecule has 114 valence electrons. The number of carbonyl (C=O) groups is 2. The Morgan fingerprint density at radius 1 is 1.24 bits per heavy atom. The Labute approximate surface area is 117 Å². The Morgan fingerprint density at radius 2 is 1.86 bits per heavy atom. The summed E-state index contributed by atoms with van der Waals surface area (Å²) in [5, 5.41) is 8.74. The summed E-state index contributed by atoms with van der Waals surface area (Å²) >= 11 is 0. The summed E-state index contributed by atoms with van der Waals surface area (Å²) in [5.74, 6) is -1.94. The minimum absolute atomic E-state index is 0.0397. The fourth-order valence-corrected chi connectivity index (χ4v) is 3.30. The van der Waals surface area contributed by atoms with E-state index in [0.717, 1.165) is 6.07 Å². The molecule has 21 heavy (non-hydrogen) atoms. The van der Waals surface area contributed by atoms with Crippen molar-refractivity contribution in [1.29, 1.82) is 0 Å². The molecule has 1 N–H and O–H groups in total. The number of carbonyl (C=O) groups excluding carboxylic acids is 1. The minimum atomic E-state index is -5.65. The van der Waals surface area contributed by atoms with Crippen molar-refractivity contribution >= 4 is 21.6 Å². The highest BCUT2D eigenvalue weighted by Crippen LogP contribution is 2.37. The highest BCUT2D eigenvalue weighted by Gasteiger charge is 2.49. The molecule has 0 amide bonds. The molecule has 0 saturated heterocycles. The SMILES string of the molecule is O=C(O)Cc1ccc(S(=O)(=O)C(F)(F)F)c2c1CCC2=O. The molecule has 9 heteroatoms. The van der Waals surface area contributed by atoms with Crippen LogP contribution in [-0.4, -0.2) is 30.8 Å². The highest BCUT2D eigenvalue weighted by molar-refractivity contribution is 7.92. The maximum Gasteiger partial charge on any atom is 0.501 e. The molecule has 1 aromatic rings. The molecule has 0 atom stereocenters. The first-order chi connectivity index (χ1) is 9.55. The maximum absolute atomic E-state index is 12.6. The quantitative estimate of drug-likeness (QED) is 0.915. The number of aliphatic carboxylic acids is 1. The average molecular weight is 322 g/mol. The fourth-order valence-electron chi connectivity index (χ4n) is 2.30. The van der Waals surface area contributed by atoms with E-state index in [1.165, 1.54) is 0 Å². The summed E-state index contributed by atoms with van der Waals surface area (Å²) < 4.78 is 60.9. The van der Waals surface area contributed by atoms with Crippen molar-refractivity contribution < 1.29 is 36.3 Å². The van der Waals surface area contributed by atoms with Crippen molar-refractivity contribution in [2.45, 2.75) is 29.7 Å². The van der Waals surface area contributed by atoms with Gasteiger partial charge in [0.2, 0.25) is 0 Å². The second-order valence-corrected chi connectivity index (χ2v) is 6.43. The van der Waals surface area contributed by atoms with E-state index in [9.17, 15) is 31.2 Å². The predicted octanol–water partition coefficient (Wildman–Crippen LogP) is 1.74. The van der Waals surface area contributed by atoms with Crippen LogP contribution in [0.1, 0.15) is 27.9 Å². The molecule has 1 aliphatic rings. The Morgan fingerprint density at radius 3 is 2.38 bits per heavy atom. The summed E-state index contributed by atoms with van der Waals surface area (Å²) in [5.41, 5.74) is -5.80. The molecular weight excluding hydrogens is 313 g/mol. The molecule has 0 aromatic heterocycles. The van der Waals surface area contributed by atoms with Gasteiger partial charge in [0.25, 0.3) is 9.84 Å². The number of benzene rings is 1. The van der Waals surface area contributed by atoms with Crippen LogP contribution in [0.3, 0.4) is 0 Å². The number of sulfone groups is 1. The molecule has 1 aliphatic carbocycles. The Bertz CT molecular complexity index is 734. The van der Waals surface area contributed by atoms with E-state index in [0.29, 0.717) is 6.07 Å². The van der Waals surface area contributed by atoms with Crippen LogP contribution in [0.4, 0.5) is 13.2 Å². The van der Waals surface area contributed by atoms with Crippen LogP contribution >= 0.6 is 0 Å². The number of hydrogen-bond donors (Lipinski definition) is 1. The van der Waals surface area contributed by atoms with E-state index in [2.05, 4.69) is 0 Å². The molecule has 0 heterocycles. The van der Waals surface area contributed by atoms with Crippen LogP contribution in [0.5, 0.6) is 0 Å². The third-order valence-corrected chi connectivity index (χ3v) is 4.72. The monoisotopic (exact) mass is 322 g/mol. The molecule has 0 saturated carbocycles. The van der Waals surface area contributed by atoms with Crippen molar-refractivity contribution in [1.82, 2.24) is 0 Å². The van der Waals surface area contributed by atoms with Crippen LogP contribution in [0.25, 0.3) is 0 Å². The average Bonchev–Trinajstić information content (AvgIpc) is 2.70. The normalized spacial score (nSPS) is 15.1. The van der Waals surface area contributed by atoms with E-state index in [1.54, 1.807) is 0 Å². The van der Waals surface area contributed by atoms with Crippen molar-refractivity contribution in [2.75, 3.05) is 0 Å². The van der Waals surface area contributed by atoms with Gasteiger partial charge in [0.1, 0.15) is 0 Å². The second-order valence-electron chi connectivity index (χ2n) is 4.52. The molecule has 0 fully saturated rings. The number of fused-ring (bicyclic) bond motifs is 1. The molecule has 5 nitrogen and oxygen atoms in total. The standard InChI is InChI=1S/C12H9F3O5S/c13-12(14,15)21(19,20)9-4-1-6(5-10(17)18)7-2-3-8(16)11(7)9/h1,4H,2-3,5H2,(H,17,18). The van der Waals surface area contributed by atoms with Gasteiger partial charge in [0.05, 0.1) is 11.3 Å². The third kappa shape index (κ3) is 2.53. The number of alkyl halides is 3. The molecular formula is C12H9F3O5S. The largest absolute Gasteiger partial charge is 0.501 e. The van der Waals surface area contributed by atoms with Crippen LogP contribution < -0.4 is 0 Å². The summed E-state index contributed by atoms with van der Waals surface area (Å²) in [6.45, 7) is 0. The lowest BCUT2D eigenvalue weighted by Crippen LogP contribution is -2.25. The minimum Gasteiger partial charge on any atom is -0.481 e. The summed E-state index contributed by atoms with van der Waals surface area (Å²) in [7, 11) is -5.65. The molecule has 0 unspecified atom stereocenters. The van der Waals surface area contributed by atoms with Crippen LogP contribution in [-0.2, 0) is 27.5 Å². The zero-order chi connectivity index (χ0) is 16.0. The maximum atomic E-state index is 12.6. The summed E-state index contributed by atoms with van der Waals surface area (Å²) in [6.07, 6.45) is -0.577. The molecule has 0 bridgehead atoms. The highest BCUT2D eigenvalue weighted by atomic mass is 32.2. The van der Waals surface area contributed by atoms with Crippen LogP contribution in [0.15, 0.2) is 17.0 Å². The number of hydrogen-bond acceptors (Lipinski definition) is 4. The first-order valence-corrected chi connectivity index (χ1v) is 7.25. The lowest BCUT2D eigenvalue weighted by Gasteiger charge is -2.13. The van der Waals surface area contributed by atoms with E-state index < -0.39 is 44.0 Å². The zero-order valence-corrected chi connectivity index (χ0v) is 11.2. The predicted molar refractivity (Wildman–Crippen MR) is 63.7 cm³/mol. The summed E-state index contributed by atoms with van der Waals surface area (Å²) in [6, 6.07) is 1.67. The van der Waals surface area contributed by atoms with Gasteiger partial charge in [0.15, 0.2) is 5.78 Å². The lowest BCUT2D eigenvalue weighted by molar-refractivity contribution is -0.136. The Hall–Kier alpha value is -1.90. The van der Waals surface area contributed by atoms with E-state index in [-0.39, 0.29) is 24.0 Å². The first kappa shape index (κ1) is 15.5. The van der Waals surface area contributed by atoms with Crippen molar-refractivity contribution in [3.63, 3.8) is 0 Å². The number of carboxylic acids is 1. The van der Waals surface area contributed by atoms with Crippen molar-refractivity contribution in [3.8, 4) is 0 Å². The van der Waals surface area contributed by atoms with Gasteiger partial charge in [-0.05, 0) is 23.6 Å². The van der Waals surface area contributed by atoms with Gasteiger partial charge in [0, 0.05) is 12.0 Å². The molecule has 0 spiro atoms. The Kier molecular flexibility index (Phi) is 3.56. The zero-order valence-electron chi connectivity index (χ0n) is 10.4. The van der Waals surface area contributed by atoms with Gasteiger partial charge in [-0.1, -0.05) is 6.07 Å². The van der Waals surface area contributed by atoms with E-state index in [4.69, 9.17) is 5.11 Å². The van der Waals surface area contributed by atoms with E-state index in [1.807, 2.05) is 0 Å². The number of halogens is 3.